The van der Waals surface area contributed by atoms with Crippen LogP contribution in [0.15, 0.2) is 28.8 Å². The van der Waals surface area contributed by atoms with Crippen LogP contribution in [0.1, 0.15) is 16.1 Å². The van der Waals surface area contributed by atoms with E-state index < -0.39 is 11.9 Å². The molecule has 0 bridgehead atoms. The number of hydrogen-bond donors (Lipinski definition) is 2. The van der Waals surface area contributed by atoms with Gasteiger partial charge in [0, 0.05) is 6.07 Å². The number of ether oxygens (including phenoxy) is 1. The summed E-state index contributed by atoms with van der Waals surface area (Å²) in [5.41, 5.74) is -0.0790. The van der Waals surface area contributed by atoms with Gasteiger partial charge in [-0.2, -0.15) is 0 Å². The molecule has 21 heavy (non-hydrogen) atoms. The second-order valence-electron chi connectivity index (χ2n) is 4.08. The van der Waals surface area contributed by atoms with Gasteiger partial charge in [0.2, 0.25) is 0 Å². The number of aromatic carboxylic acids is 1. The molecule has 0 saturated carbocycles. The van der Waals surface area contributed by atoms with Gasteiger partial charge in [-0.25, -0.2) is 4.79 Å². The molecule has 1 aromatic carbocycles. The van der Waals surface area contributed by atoms with E-state index in [0.717, 1.165) is 0 Å². The molecule has 1 amide bonds. The normalized spacial score (nSPS) is 10.2. The summed E-state index contributed by atoms with van der Waals surface area (Å²) in [5, 5.41) is 15.1. The molecule has 0 saturated heterocycles. The third-order valence-electron chi connectivity index (χ3n) is 2.46. The van der Waals surface area contributed by atoms with E-state index in [9.17, 15) is 9.59 Å². The molecule has 0 unspecified atom stereocenters. The number of nitrogens with zero attached hydrogens (tertiary/aromatic N) is 1. The van der Waals surface area contributed by atoms with Gasteiger partial charge in [-0.1, -0.05) is 17.7 Å². The van der Waals surface area contributed by atoms with Gasteiger partial charge in [-0.05, 0) is 24.2 Å². The number of aromatic nitrogens is 1. The van der Waals surface area contributed by atoms with Crippen LogP contribution in [0.5, 0.6) is 5.88 Å². The summed E-state index contributed by atoms with van der Waals surface area (Å²) in [5.74, 6) is -1.05. The van der Waals surface area contributed by atoms with E-state index >= 15 is 0 Å². The minimum absolute atomic E-state index is 0.0355. The fraction of sp³-hybridized carbons (Fsp3) is 0.154. The van der Waals surface area contributed by atoms with Crippen molar-refractivity contribution in [2.45, 2.75) is 6.92 Å². The lowest BCUT2D eigenvalue weighted by atomic mass is 10.2. The standard InChI is InChI=1S/C13H11ClN2O5/c1-7-5-11(16-21-7)20-6-10(17)15-9-4-2-3-8(14)12(9)13(18)19/h2-5H,6H2,1H3,(H,15,17)(H,18,19). The summed E-state index contributed by atoms with van der Waals surface area (Å²) in [6, 6.07) is 5.92. The number of aryl methyl sites for hydroxylation is 1. The largest absolute Gasteiger partial charge is 0.478 e. The number of carbonyl (C=O) groups is 2. The molecule has 110 valence electrons. The zero-order valence-electron chi connectivity index (χ0n) is 10.9. The summed E-state index contributed by atoms with van der Waals surface area (Å²) in [7, 11) is 0. The Balaban J connectivity index is 2.03. The van der Waals surface area contributed by atoms with Gasteiger partial charge in [-0.3, -0.25) is 4.79 Å². The fourth-order valence-corrected chi connectivity index (χ4v) is 1.84. The number of anilines is 1. The maximum Gasteiger partial charge on any atom is 0.339 e. The number of benzene rings is 1. The lowest BCUT2D eigenvalue weighted by Crippen LogP contribution is -2.21. The first-order valence-electron chi connectivity index (χ1n) is 5.85. The van der Waals surface area contributed by atoms with E-state index in [1.807, 2.05) is 0 Å². The molecule has 0 aliphatic carbocycles. The molecule has 2 N–H and O–H groups in total. The number of hydrogen-bond acceptors (Lipinski definition) is 5. The van der Waals surface area contributed by atoms with Crippen molar-refractivity contribution in [2.24, 2.45) is 0 Å². The molecule has 0 aliphatic rings. The van der Waals surface area contributed by atoms with Gasteiger partial charge in [0.25, 0.3) is 11.8 Å². The predicted octanol–water partition coefficient (Wildman–Crippen LogP) is 2.35. The first kappa shape index (κ1) is 14.9. The van der Waals surface area contributed by atoms with E-state index in [0.29, 0.717) is 5.76 Å². The van der Waals surface area contributed by atoms with Gasteiger partial charge in [0.1, 0.15) is 11.3 Å². The molecule has 7 nitrogen and oxygen atoms in total. The Morgan fingerprint density at radius 1 is 1.48 bits per heavy atom. The summed E-state index contributed by atoms with van der Waals surface area (Å²) >= 11 is 5.80. The van der Waals surface area contributed by atoms with E-state index in [4.69, 9.17) is 26.0 Å². The maximum atomic E-state index is 11.7. The quantitative estimate of drug-likeness (QED) is 0.879. The van der Waals surface area contributed by atoms with Crippen molar-refractivity contribution in [1.29, 1.82) is 0 Å². The highest BCUT2D eigenvalue weighted by molar-refractivity contribution is 6.34. The Bertz CT molecular complexity index is 683. The highest BCUT2D eigenvalue weighted by Gasteiger charge is 2.16. The Morgan fingerprint density at radius 2 is 2.24 bits per heavy atom. The van der Waals surface area contributed by atoms with Crippen molar-refractivity contribution in [1.82, 2.24) is 5.16 Å². The zero-order chi connectivity index (χ0) is 15.4. The van der Waals surface area contributed by atoms with Gasteiger partial charge in [0.05, 0.1) is 10.7 Å². The van der Waals surface area contributed by atoms with Crippen LogP contribution in [0.25, 0.3) is 0 Å². The number of nitrogens with one attached hydrogen (secondary N) is 1. The van der Waals surface area contributed by atoms with Crippen LogP contribution in [-0.4, -0.2) is 28.7 Å². The first-order valence-corrected chi connectivity index (χ1v) is 6.23. The van der Waals surface area contributed by atoms with E-state index in [1.165, 1.54) is 24.3 Å². The van der Waals surface area contributed by atoms with E-state index in [1.54, 1.807) is 6.92 Å². The van der Waals surface area contributed by atoms with Crippen molar-refractivity contribution in [3.63, 3.8) is 0 Å². The summed E-state index contributed by atoms with van der Waals surface area (Å²) in [6.45, 7) is 1.35. The molecule has 2 aromatic rings. The molecular weight excluding hydrogens is 300 g/mol. The molecule has 2 rings (SSSR count). The van der Waals surface area contributed by atoms with Crippen molar-refractivity contribution in [3.8, 4) is 5.88 Å². The van der Waals surface area contributed by atoms with Gasteiger partial charge in [0.15, 0.2) is 6.61 Å². The Morgan fingerprint density at radius 3 is 2.86 bits per heavy atom. The van der Waals surface area contributed by atoms with Crippen molar-refractivity contribution in [3.05, 3.63) is 40.6 Å². The molecule has 1 heterocycles. The van der Waals surface area contributed by atoms with Crippen LogP contribution in [0, 0.1) is 6.92 Å². The summed E-state index contributed by atoms with van der Waals surface area (Å²) < 4.78 is 9.87. The van der Waals surface area contributed by atoms with Gasteiger partial charge < -0.3 is 19.7 Å². The minimum atomic E-state index is -1.23. The minimum Gasteiger partial charge on any atom is -0.478 e. The number of halogens is 1. The van der Waals surface area contributed by atoms with Crippen LogP contribution in [0.2, 0.25) is 5.02 Å². The Hall–Kier alpha value is -2.54. The highest BCUT2D eigenvalue weighted by atomic mass is 35.5. The molecule has 0 spiro atoms. The number of carboxylic acids is 1. The van der Waals surface area contributed by atoms with Crippen LogP contribution in [0.3, 0.4) is 0 Å². The molecule has 0 atom stereocenters. The van der Waals surface area contributed by atoms with Crippen LogP contribution in [-0.2, 0) is 4.79 Å². The lowest BCUT2D eigenvalue weighted by Gasteiger charge is -2.09. The Kier molecular flexibility index (Phi) is 4.44. The van der Waals surface area contributed by atoms with E-state index in [2.05, 4.69) is 10.5 Å². The smallest absolute Gasteiger partial charge is 0.339 e. The van der Waals surface area contributed by atoms with Gasteiger partial charge in [-0.15, -0.1) is 0 Å². The first-order chi connectivity index (χ1) is 9.97. The maximum absolute atomic E-state index is 11.7. The highest BCUT2D eigenvalue weighted by Crippen LogP contribution is 2.24. The third-order valence-corrected chi connectivity index (χ3v) is 2.77. The summed E-state index contributed by atoms with van der Waals surface area (Å²) in [6.07, 6.45) is 0. The van der Waals surface area contributed by atoms with Crippen molar-refractivity contribution in [2.75, 3.05) is 11.9 Å². The average Bonchev–Trinajstić information content (AvgIpc) is 2.82. The molecule has 1 aromatic heterocycles. The number of amides is 1. The second kappa shape index (κ2) is 6.27. The number of carbonyl (C=O) groups excluding carboxylic acids is 1. The molecular formula is C13H11ClN2O5. The average molecular weight is 311 g/mol. The molecule has 0 aliphatic heterocycles. The zero-order valence-corrected chi connectivity index (χ0v) is 11.7. The SMILES string of the molecule is Cc1cc(OCC(=O)Nc2cccc(Cl)c2C(=O)O)no1. The fourth-order valence-electron chi connectivity index (χ4n) is 1.58. The lowest BCUT2D eigenvalue weighted by molar-refractivity contribution is -0.118. The van der Waals surface area contributed by atoms with Crippen molar-refractivity contribution < 1.29 is 24.0 Å². The topological polar surface area (TPSA) is 102 Å². The number of carboxylic acid groups (broad SMARTS) is 1. The number of rotatable bonds is 5. The van der Waals surface area contributed by atoms with Crippen molar-refractivity contribution >= 4 is 29.2 Å². The van der Waals surface area contributed by atoms with Crippen LogP contribution >= 0.6 is 11.6 Å². The van der Waals surface area contributed by atoms with E-state index in [-0.39, 0.29) is 28.8 Å². The monoisotopic (exact) mass is 310 g/mol. The summed E-state index contributed by atoms with van der Waals surface area (Å²) in [4.78, 5) is 22.9. The van der Waals surface area contributed by atoms with Crippen LogP contribution in [0.4, 0.5) is 5.69 Å². The molecule has 0 fully saturated rings. The van der Waals surface area contributed by atoms with Crippen LogP contribution < -0.4 is 10.1 Å². The molecule has 0 radical (unpaired) electrons. The van der Waals surface area contributed by atoms with Gasteiger partial charge >= 0.3 is 5.97 Å². The molecule has 8 heteroatoms. The predicted molar refractivity (Wildman–Crippen MR) is 73.8 cm³/mol. The Labute approximate surface area is 124 Å². The second-order valence-corrected chi connectivity index (χ2v) is 4.49. The third kappa shape index (κ3) is 3.73.